The summed E-state index contributed by atoms with van der Waals surface area (Å²) >= 11 is 0. The largest absolute Gasteiger partial charge is 0.481 e. The van der Waals surface area contributed by atoms with Gasteiger partial charge in [-0.2, -0.15) is 4.31 Å². The van der Waals surface area contributed by atoms with E-state index in [-0.39, 0.29) is 18.1 Å². The van der Waals surface area contributed by atoms with Gasteiger partial charge in [-0.15, -0.1) is 0 Å². The van der Waals surface area contributed by atoms with Gasteiger partial charge in [0, 0.05) is 25.8 Å². The molecule has 0 aromatic carbocycles. The average molecular weight is 315 g/mol. The Hall–Kier alpha value is -1.41. The fourth-order valence-corrected chi connectivity index (χ4v) is 4.06. The van der Waals surface area contributed by atoms with E-state index in [2.05, 4.69) is 4.98 Å². The molecular formula is C13H21N3O4S. The zero-order valence-electron chi connectivity index (χ0n) is 12.5. The third-order valence-electron chi connectivity index (χ3n) is 3.98. The van der Waals surface area contributed by atoms with Crippen LogP contribution in [-0.2, 0) is 21.4 Å². The molecule has 0 saturated carbocycles. The minimum absolute atomic E-state index is 0.00286. The van der Waals surface area contributed by atoms with Crippen LogP contribution in [0.1, 0.15) is 32.5 Å². The third-order valence-corrected chi connectivity index (χ3v) is 5.69. The molecule has 1 aromatic rings. The van der Waals surface area contributed by atoms with Gasteiger partial charge in [0.15, 0.2) is 5.03 Å². The molecule has 1 aromatic heterocycles. The van der Waals surface area contributed by atoms with Gasteiger partial charge < -0.3 is 9.67 Å². The van der Waals surface area contributed by atoms with Crippen LogP contribution in [0.15, 0.2) is 11.2 Å². The van der Waals surface area contributed by atoms with Crippen molar-refractivity contribution in [3.8, 4) is 0 Å². The average Bonchev–Trinajstić information content (AvgIpc) is 2.96. The van der Waals surface area contributed by atoms with Crippen molar-refractivity contribution in [2.45, 2.75) is 45.2 Å². The molecule has 0 radical (unpaired) electrons. The van der Waals surface area contributed by atoms with E-state index in [0.29, 0.717) is 18.8 Å². The molecule has 8 heteroatoms. The molecule has 0 spiro atoms. The minimum Gasteiger partial charge on any atom is -0.481 e. The van der Waals surface area contributed by atoms with Gasteiger partial charge in [-0.05, 0) is 26.7 Å². The quantitative estimate of drug-likeness (QED) is 0.878. The Morgan fingerprint density at radius 3 is 2.71 bits per heavy atom. The lowest BCUT2D eigenvalue weighted by molar-refractivity contribution is -0.146. The number of imidazole rings is 1. The van der Waals surface area contributed by atoms with E-state index < -0.39 is 21.4 Å². The number of aliphatic carboxylic acids is 1. The van der Waals surface area contributed by atoms with Crippen LogP contribution in [0.4, 0.5) is 0 Å². The lowest BCUT2D eigenvalue weighted by Crippen LogP contribution is -2.35. The molecule has 1 saturated heterocycles. The molecule has 1 aliphatic heterocycles. The summed E-state index contributed by atoms with van der Waals surface area (Å²) in [6.07, 6.45) is 2.73. The zero-order chi connectivity index (χ0) is 15.8. The second-order valence-electron chi connectivity index (χ2n) is 5.77. The van der Waals surface area contributed by atoms with Crippen molar-refractivity contribution in [3.05, 3.63) is 12.0 Å². The maximum Gasteiger partial charge on any atom is 0.310 e. The highest BCUT2D eigenvalue weighted by molar-refractivity contribution is 7.89. The highest BCUT2D eigenvalue weighted by atomic mass is 32.2. The molecule has 0 bridgehead atoms. The predicted molar refractivity (Wildman–Crippen MR) is 76.4 cm³/mol. The number of hydrogen-bond donors (Lipinski definition) is 1. The zero-order valence-corrected chi connectivity index (χ0v) is 13.4. The number of carbonyl (C=O) groups is 1. The van der Waals surface area contributed by atoms with Gasteiger partial charge in [0.1, 0.15) is 5.82 Å². The molecule has 1 unspecified atom stereocenters. The second-order valence-corrected chi connectivity index (χ2v) is 7.66. The van der Waals surface area contributed by atoms with E-state index in [9.17, 15) is 18.3 Å². The summed E-state index contributed by atoms with van der Waals surface area (Å²) in [5.41, 5.74) is -1.02. The molecule has 1 N–H and O–H groups in total. The Kier molecular flexibility index (Phi) is 4.12. The van der Waals surface area contributed by atoms with Crippen LogP contribution in [0.5, 0.6) is 0 Å². The molecule has 0 amide bonds. The van der Waals surface area contributed by atoms with Gasteiger partial charge in [0.2, 0.25) is 0 Å². The molecule has 0 aliphatic carbocycles. The predicted octanol–water partition coefficient (Wildman–Crippen LogP) is 1.09. The Balaban J connectivity index is 2.27. The Labute approximate surface area is 124 Å². The fraction of sp³-hybridized carbons (Fsp3) is 0.692. The van der Waals surface area contributed by atoms with Crippen LogP contribution in [0.25, 0.3) is 0 Å². The van der Waals surface area contributed by atoms with Crippen molar-refractivity contribution >= 4 is 16.0 Å². The number of carboxylic acid groups (broad SMARTS) is 1. The van der Waals surface area contributed by atoms with Crippen LogP contribution in [0.3, 0.4) is 0 Å². The first-order valence-electron chi connectivity index (χ1n) is 6.98. The van der Waals surface area contributed by atoms with E-state index >= 15 is 0 Å². The van der Waals surface area contributed by atoms with E-state index in [0.717, 1.165) is 6.42 Å². The second kappa shape index (κ2) is 5.42. The first-order valence-corrected chi connectivity index (χ1v) is 8.42. The number of nitrogens with zero attached hydrogens (tertiary/aromatic N) is 3. The Morgan fingerprint density at radius 1 is 1.52 bits per heavy atom. The summed E-state index contributed by atoms with van der Waals surface area (Å²) in [6.45, 7) is 6.26. The maximum absolute atomic E-state index is 12.6. The number of aromatic nitrogens is 2. The van der Waals surface area contributed by atoms with Crippen LogP contribution >= 0.6 is 0 Å². The number of aryl methyl sites for hydroxylation is 2. The highest BCUT2D eigenvalue weighted by Gasteiger charge is 2.45. The van der Waals surface area contributed by atoms with Crippen LogP contribution < -0.4 is 0 Å². The summed E-state index contributed by atoms with van der Waals surface area (Å²) in [5.74, 6) is -0.316. The first kappa shape index (κ1) is 16.0. The van der Waals surface area contributed by atoms with E-state index in [4.69, 9.17) is 0 Å². The molecule has 1 aliphatic rings. The number of hydrogen-bond acceptors (Lipinski definition) is 4. The van der Waals surface area contributed by atoms with Gasteiger partial charge in [-0.3, -0.25) is 4.79 Å². The van der Waals surface area contributed by atoms with E-state index in [1.54, 1.807) is 18.4 Å². The molecule has 1 atom stereocenters. The maximum atomic E-state index is 12.6. The number of carboxylic acids is 1. The lowest BCUT2D eigenvalue weighted by Gasteiger charge is -2.19. The number of sulfonamides is 1. The van der Waals surface area contributed by atoms with Crippen LogP contribution in [0.2, 0.25) is 0 Å². The van der Waals surface area contributed by atoms with Crippen molar-refractivity contribution < 1.29 is 18.3 Å². The van der Waals surface area contributed by atoms with Gasteiger partial charge in [-0.25, -0.2) is 13.4 Å². The van der Waals surface area contributed by atoms with Crippen molar-refractivity contribution in [2.75, 3.05) is 13.1 Å². The lowest BCUT2D eigenvalue weighted by atomic mass is 9.90. The van der Waals surface area contributed by atoms with Gasteiger partial charge >= 0.3 is 5.97 Å². The molecule has 118 valence electrons. The molecule has 1 fully saturated rings. The topological polar surface area (TPSA) is 92.5 Å². The van der Waals surface area contributed by atoms with Crippen molar-refractivity contribution in [3.63, 3.8) is 0 Å². The molecular weight excluding hydrogens is 294 g/mol. The van der Waals surface area contributed by atoms with Crippen LogP contribution in [0, 0.1) is 12.3 Å². The van der Waals surface area contributed by atoms with E-state index in [1.165, 1.54) is 10.5 Å². The third kappa shape index (κ3) is 2.82. The molecule has 2 heterocycles. The standard InChI is InChI=1S/C13H21N3O4S/c1-4-6-15-8-11(14-10(15)2)21(19,20)16-7-5-13(3,9-16)12(17)18/h8H,4-7,9H2,1-3H3,(H,17,18). The number of rotatable bonds is 5. The fourth-order valence-electron chi connectivity index (χ4n) is 2.50. The van der Waals surface area contributed by atoms with Gasteiger partial charge in [0.25, 0.3) is 10.0 Å². The minimum atomic E-state index is -3.73. The van der Waals surface area contributed by atoms with Gasteiger partial charge in [-0.1, -0.05) is 6.92 Å². The Bertz CT molecular complexity index is 652. The van der Waals surface area contributed by atoms with E-state index in [1.807, 2.05) is 6.92 Å². The smallest absolute Gasteiger partial charge is 0.310 e. The van der Waals surface area contributed by atoms with Gasteiger partial charge in [0.05, 0.1) is 5.41 Å². The SMILES string of the molecule is CCCn1cc(S(=O)(=O)N2CCC(C)(C(=O)O)C2)nc1C. The summed E-state index contributed by atoms with van der Waals surface area (Å²) in [6, 6.07) is 0. The summed E-state index contributed by atoms with van der Waals surface area (Å²) in [5, 5.41) is 9.21. The van der Waals surface area contributed by atoms with Crippen molar-refractivity contribution in [2.24, 2.45) is 5.41 Å². The van der Waals surface area contributed by atoms with Crippen molar-refractivity contribution in [1.29, 1.82) is 0 Å². The monoisotopic (exact) mass is 315 g/mol. The normalized spacial score (nSPS) is 23.6. The van der Waals surface area contributed by atoms with Crippen LogP contribution in [-0.4, -0.2) is 46.4 Å². The first-order chi connectivity index (χ1) is 9.70. The molecule has 21 heavy (non-hydrogen) atoms. The summed E-state index contributed by atoms with van der Waals surface area (Å²) in [7, 11) is -3.73. The molecule has 2 rings (SSSR count). The highest BCUT2D eigenvalue weighted by Crippen LogP contribution is 2.33. The van der Waals surface area contributed by atoms with Crippen molar-refractivity contribution in [1.82, 2.24) is 13.9 Å². The summed E-state index contributed by atoms with van der Waals surface area (Å²) in [4.78, 5) is 15.4. The summed E-state index contributed by atoms with van der Waals surface area (Å²) < 4.78 is 28.2. The molecule has 7 nitrogen and oxygen atoms in total. The Morgan fingerprint density at radius 2 is 2.19 bits per heavy atom.